The summed E-state index contributed by atoms with van der Waals surface area (Å²) in [7, 11) is 0. The van der Waals surface area contributed by atoms with E-state index in [9.17, 15) is 14.3 Å². The maximum absolute atomic E-state index is 13.0. The average Bonchev–Trinajstić information content (AvgIpc) is 3.01. The minimum absolute atomic E-state index is 0.0331. The number of aromatic hydroxyl groups is 1. The molecule has 0 aliphatic carbocycles. The van der Waals surface area contributed by atoms with E-state index in [0.29, 0.717) is 42.1 Å². The first-order chi connectivity index (χ1) is 20.8. The number of pyridine rings is 1. The number of hydrogen-bond donors (Lipinski definition) is 1. The molecule has 0 radical (unpaired) electrons. The monoisotopic (exact) mass is 601 g/mol. The zero-order valence-electron chi connectivity index (χ0n) is 23.9. The molecule has 7 nitrogen and oxygen atoms in total. The lowest BCUT2D eigenvalue weighted by Crippen LogP contribution is -2.47. The summed E-state index contributed by atoms with van der Waals surface area (Å²) < 4.78 is 24.5. The van der Waals surface area contributed by atoms with Crippen LogP contribution in [0, 0.1) is 12.7 Å². The van der Waals surface area contributed by atoms with Gasteiger partial charge >= 0.3 is 0 Å². The van der Waals surface area contributed by atoms with Crippen molar-refractivity contribution in [2.75, 3.05) is 32.8 Å². The quantitative estimate of drug-likeness (QED) is 0.205. The van der Waals surface area contributed by atoms with Crippen molar-refractivity contribution in [1.29, 1.82) is 0 Å². The lowest BCUT2D eigenvalue weighted by Gasteiger charge is -2.34. The van der Waals surface area contributed by atoms with Crippen molar-refractivity contribution >= 4 is 23.6 Å². The van der Waals surface area contributed by atoms with E-state index in [1.807, 2.05) is 17.9 Å². The van der Waals surface area contributed by atoms with Gasteiger partial charge in [-0.1, -0.05) is 35.9 Å². The Morgan fingerprint density at radius 2 is 1.72 bits per heavy atom. The van der Waals surface area contributed by atoms with Crippen LogP contribution in [0.4, 0.5) is 4.39 Å². The number of halogens is 2. The molecule has 1 aromatic heterocycles. The maximum Gasteiger partial charge on any atom is 0.246 e. The van der Waals surface area contributed by atoms with E-state index in [4.69, 9.17) is 21.1 Å². The van der Waals surface area contributed by atoms with Crippen molar-refractivity contribution in [3.05, 3.63) is 118 Å². The van der Waals surface area contributed by atoms with Crippen molar-refractivity contribution in [3.63, 3.8) is 0 Å². The van der Waals surface area contributed by atoms with Gasteiger partial charge in [0.15, 0.2) is 5.75 Å². The molecule has 4 aromatic rings. The minimum atomic E-state index is -0.273. The zero-order chi connectivity index (χ0) is 30.2. The molecule has 0 atom stereocenters. The van der Waals surface area contributed by atoms with Gasteiger partial charge in [0.1, 0.15) is 17.3 Å². The topological polar surface area (TPSA) is 75.1 Å². The van der Waals surface area contributed by atoms with Crippen LogP contribution in [0.25, 0.3) is 6.08 Å². The fourth-order valence-electron chi connectivity index (χ4n) is 4.81. The number of hydrogen-bond acceptors (Lipinski definition) is 6. The van der Waals surface area contributed by atoms with Gasteiger partial charge in [0.05, 0.1) is 17.8 Å². The molecule has 1 fully saturated rings. The van der Waals surface area contributed by atoms with E-state index < -0.39 is 0 Å². The molecule has 0 saturated carbocycles. The Morgan fingerprint density at radius 1 is 1.00 bits per heavy atom. The summed E-state index contributed by atoms with van der Waals surface area (Å²) in [4.78, 5) is 21.1. The number of piperazine rings is 1. The summed E-state index contributed by atoms with van der Waals surface area (Å²) in [5, 5.41) is 9.81. The van der Waals surface area contributed by atoms with Crippen molar-refractivity contribution in [1.82, 2.24) is 14.8 Å². The number of aryl methyl sites for hydroxylation is 1. The van der Waals surface area contributed by atoms with Crippen molar-refractivity contribution in [2.45, 2.75) is 19.9 Å². The first kappa shape index (κ1) is 30.1. The molecule has 2 heterocycles. The number of carbonyl (C=O) groups is 1. The summed E-state index contributed by atoms with van der Waals surface area (Å²) in [6, 6.07) is 21.2. The van der Waals surface area contributed by atoms with E-state index in [1.165, 1.54) is 35.5 Å². The smallest absolute Gasteiger partial charge is 0.246 e. The first-order valence-corrected chi connectivity index (χ1v) is 14.5. The molecule has 0 unspecified atom stereocenters. The highest BCUT2D eigenvalue weighted by Gasteiger charge is 2.20. The normalized spacial score (nSPS) is 13.8. The lowest BCUT2D eigenvalue weighted by atomic mass is 10.1. The molecule has 1 aliphatic rings. The van der Waals surface area contributed by atoms with Gasteiger partial charge in [0.25, 0.3) is 0 Å². The van der Waals surface area contributed by atoms with Crippen molar-refractivity contribution < 1.29 is 23.8 Å². The molecule has 9 heteroatoms. The molecular formula is C34H33ClFN3O4. The van der Waals surface area contributed by atoms with E-state index >= 15 is 0 Å². The van der Waals surface area contributed by atoms with Gasteiger partial charge in [-0.3, -0.25) is 9.69 Å². The lowest BCUT2D eigenvalue weighted by molar-refractivity contribution is -0.127. The van der Waals surface area contributed by atoms with Crippen molar-refractivity contribution in [3.8, 4) is 23.1 Å². The Bertz CT molecular complexity index is 1530. The molecule has 1 saturated heterocycles. The summed E-state index contributed by atoms with van der Waals surface area (Å²) in [6.07, 6.45) is 5.42. The average molecular weight is 602 g/mol. The number of carbonyl (C=O) groups excluding carboxylic acids is 1. The van der Waals surface area contributed by atoms with Gasteiger partial charge in [0.2, 0.25) is 11.8 Å². The molecule has 0 bridgehead atoms. The van der Waals surface area contributed by atoms with Gasteiger partial charge in [-0.15, -0.1) is 0 Å². The van der Waals surface area contributed by atoms with E-state index in [1.54, 1.807) is 36.4 Å². The zero-order valence-corrected chi connectivity index (χ0v) is 24.6. The Balaban J connectivity index is 1.06. The highest BCUT2D eigenvalue weighted by molar-refractivity contribution is 6.32. The van der Waals surface area contributed by atoms with Gasteiger partial charge in [0, 0.05) is 51.3 Å². The number of aromatic nitrogens is 1. The van der Waals surface area contributed by atoms with Crippen LogP contribution in [-0.4, -0.2) is 58.6 Å². The molecule has 222 valence electrons. The fourth-order valence-corrected chi connectivity index (χ4v) is 5.12. The number of ether oxygens (including phenoxy) is 2. The molecule has 0 spiro atoms. The summed E-state index contributed by atoms with van der Waals surface area (Å²) >= 11 is 6.47. The van der Waals surface area contributed by atoms with Crippen LogP contribution in [-0.2, 0) is 17.8 Å². The Labute approximate surface area is 255 Å². The number of nitrogens with zero attached hydrogens (tertiary/aromatic N) is 3. The first-order valence-electron chi connectivity index (χ1n) is 14.1. The minimum Gasteiger partial charge on any atom is -0.506 e. The molecule has 3 aromatic carbocycles. The van der Waals surface area contributed by atoms with E-state index in [-0.39, 0.29) is 17.5 Å². The van der Waals surface area contributed by atoms with Crippen LogP contribution in [0.5, 0.6) is 23.1 Å². The summed E-state index contributed by atoms with van der Waals surface area (Å²) in [6.45, 7) is 6.15. The van der Waals surface area contributed by atoms with E-state index in [2.05, 4.69) is 34.1 Å². The van der Waals surface area contributed by atoms with Gasteiger partial charge in [-0.25, -0.2) is 9.37 Å². The highest BCUT2D eigenvalue weighted by atomic mass is 35.5. The summed E-state index contributed by atoms with van der Waals surface area (Å²) in [5.74, 6) is 1.21. The number of amides is 1. The Hall–Kier alpha value is -4.40. The third-order valence-electron chi connectivity index (χ3n) is 7.18. The van der Waals surface area contributed by atoms with Crippen LogP contribution in [0.1, 0.15) is 22.3 Å². The third kappa shape index (κ3) is 8.56. The molecule has 1 amide bonds. The Morgan fingerprint density at radius 3 is 2.40 bits per heavy atom. The molecule has 5 rings (SSSR count). The van der Waals surface area contributed by atoms with Gasteiger partial charge in [-0.05, 0) is 77.7 Å². The van der Waals surface area contributed by atoms with Gasteiger partial charge in [-0.2, -0.15) is 0 Å². The SMILES string of the molecule is Cc1cc(/C=C/C(=O)N2CCN(Cc3ccc(CCOc4ccc(F)cc4)cc3)CC2)cc(Cl)c1Oc1ccc(O)cn1. The summed E-state index contributed by atoms with van der Waals surface area (Å²) in [5.41, 5.74) is 4.00. The van der Waals surface area contributed by atoms with Crippen LogP contribution in [0.15, 0.2) is 85.1 Å². The van der Waals surface area contributed by atoms with Crippen LogP contribution in [0.2, 0.25) is 5.02 Å². The second kappa shape index (κ2) is 14.2. The second-order valence-electron chi connectivity index (χ2n) is 10.4. The van der Waals surface area contributed by atoms with Crippen LogP contribution >= 0.6 is 11.6 Å². The van der Waals surface area contributed by atoms with Crippen molar-refractivity contribution in [2.24, 2.45) is 0 Å². The standard InChI is InChI=1S/C34H33ClFN3O4/c1-24-20-27(21-31(35)34(24)43-32-12-9-29(40)22-37-32)6-13-33(41)39-17-15-38(16-18-39)23-26-4-2-25(3-5-26)14-19-42-30-10-7-28(36)8-11-30/h2-13,20-22,40H,14-19,23H2,1H3/b13-6+. The number of rotatable bonds is 10. The number of benzene rings is 3. The fraction of sp³-hybridized carbons (Fsp3) is 0.235. The van der Waals surface area contributed by atoms with E-state index in [0.717, 1.165) is 37.2 Å². The molecule has 1 aliphatic heterocycles. The second-order valence-corrected chi connectivity index (χ2v) is 10.8. The van der Waals surface area contributed by atoms with Crippen LogP contribution < -0.4 is 9.47 Å². The largest absolute Gasteiger partial charge is 0.506 e. The third-order valence-corrected chi connectivity index (χ3v) is 7.46. The van der Waals surface area contributed by atoms with Gasteiger partial charge < -0.3 is 19.5 Å². The predicted octanol–water partition coefficient (Wildman–Crippen LogP) is 6.66. The molecule has 1 N–H and O–H groups in total. The van der Waals surface area contributed by atoms with Crippen LogP contribution in [0.3, 0.4) is 0 Å². The predicted molar refractivity (Wildman–Crippen MR) is 165 cm³/mol. The molecule has 43 heavy (non-hydrogen) atoms. The molecular weight excluding hydrogens is 569 g/mol. The highest BCUT2D eigenvalue weighted by Crippen LogP contribution is 2.34. The Kier molecular flexibility index (Phi) is 9.92. The maximum atomic E-state index is 13.0.